The molecule has 0 spiro atoms. The number of hydrogen-bond donors (Lipinski definition) is 1. The van der Waals surface area contributed by atoms with E-state index in [1.165, 1.54) is 0 Å². The summed E-state index contributed by atoms with van der Waals surface area (Å²) in [6.07, 6.45) is 0. The maximum Gasteiger partial charge on any atom is 0.134 e. The van der Waals surface area contributed by atoms with Crippen LogP contribution in [0.15, 0.2) is 42.5 Å². The summed E-state index contributed by atoms with van der Waals surface area (Å²) >= 11 is 0. The average Bonchev–Trinajstić information content (AvgIpc) is 2.39. The Balaban J connectivity index is 2.14. The second kappa shape index (κ2) is 5.65. The van der Waals surface area contributed by atoms with Crippen LogP contribution in [0.25, 0.3) is 0 Å². The summed E-state index contributed by atoms with van der Waals surface area (Å²) in [7, 11) is 0. The van der Waals surface area contributed by atoms with E-state index in [-0.39, 0.29) is 19.0 Å². The van der Waals surface area contributed by atoms with Gasteiger partial charge in [0.05, 0.1) is 0 Å². The topological polar surface area (TPSA) is 35.2 Å². The molecule has 2 rings (SSSR count). The van der Waals surface area contributed by atoms with Crippen molar-refractivity contribution < 1.29 is 9.13 Å². The van der Waals surface area contributed by atoms with Crippen LogP contribution in [0.4, 0.5) is 4.39 Å². The molecule has 2 nitrogen and oxygen atoms in total. The van der Waals surface area contributed by atoms with Gasteiger partial charge in [-0.1, -0.05) is 36.4 Å². The van der Waals surface area contributed by atoms with Crippen molar-refractivity contribution in [2.75, 3.05) is 0 Å². The minimum absolute atomic E-state index is 0.198. The summed E-state index contributed by atoms with van der Waals surface area (Å²) < 4.78 is 19.5. The van der Waals surface area contributed by atoms with Crippen LogP contribution in [-0.4, -0.2) is 0 Å². The van der Waals surface area contributed by atoms with Crippen LogP contribution in [0.3, 0.4) is 0 Å². The van der Waals surface area contributed by atoms with E-state index < -0.39 is 0 Å². The minimum Gasteiger partial charge on any atom is -0.489 e. The Morgan fingerprint density at radius 3 is 2.50 bits per heavy atom. The zero-order chi connectivity index (χ0) is 13.0. The fourth-order valence-electron chi connectivity index (χ4n) is 1.78. The van der Waals surface area contributed by atoms with Gasteiger partial charge in [0, 0.05) is 17.7 Å². The standard InChI is InChI=1S/C15H16FNO/c1-11-5-2-3-8-14(11)18-10-13-7-4-6-12(9-17)15(13)16/h2-8H,9-10,17H2,1H3. The molecule has 2 aromatic rings. The van der Waals surface area contributed by atoms with E-state index in [1.807, 2.05) is 31.2 Å². The molecule has 0 radical (unpaired) electrons. The first kappa shape index (κ1) is 12.6. The summed E-state index contributed by atoms with van der Waals surface area (Å²) in [6, 6.07) is 12.9. The highest BCUT2D eigenvalue weighted by Crippen LogP contribution is 2.19. The molecule has 0 fully saturated rings. The summed E-state index contributed by atoms with van der Waals surface area (Å²) in [6.45, 7) is 2.37. The lowest BCUT2D eigenvalue weighted by Gasteiger charge is -2.10. The molecule has 18 heavy (non-hydrogen) atoms. The highest BCUT2D eigenvalue weighted by atomic mass is 19.1. The molecule has 0 heterocycles. The minimum atomic E-state index is -0.270. The van der Waals surface area contributed by atoms with Crippen molar-refractivity contribution in [1.29, 1.82) is 0 Å². The molecule has 0 saturated carbocycles. The van der Waals surface area contributed by atoms with Gasteiger partial charge in [-0.25, -0.2) is 4.39 Å². The zero-order valence-electron chi connectivity index (χ0n) is 10.3. The molecule has 0 unspecified atom stereocenters. The molecule has 0 aliphatic heterocycles. The third-order valence-corrected chi connectivity index (χ3v) is 2.86. The smallest absolute Gasteiger partial charge is 0.134 e. The van der Waals surface area contributed by atoms with Crippen molar-refractivity contribution in [2.45, 2.75) is 20.1 Å². The molecule has 2 N–H and O–H groups in total. The molecule has 2 aromatic carbocycles. The first-order valence-electron chi connectivity index (χ1n) is 5.87. The van der Waals surface area contributed by atoms with Crippen LogP contribution in [0.5, 0.6) is 5.75 Å². The number of hydrogen-bond acceptors (Lipinski definition) is 2. The number of aryl methyl sites for hydroxylation is 1. The van der Waals surface area contributed by atoms with Crippen molar-refractivity contribution in [2.24, 2.45) is 5.73 Å². The lowest BCUT2D eigenvalue weighted by atomic mass is 10.1. The Hall–Kier alpha value is -1.87. The fraction of sp³-hybridized carbons (Fsp3) is 0.200. The number of rotatable bonds is 4. The quantitative estimate of drug-likeness (QED) is 0.898. The third kappa shape index (κ3) is 2.68. The van der Waals surface area contributed by atoms with E-state index in [9.17, 15) is 4.39 Å². The Morgan fingerprint density at radius 1 is 1.06 bits per heavy atom. The van der Waals surface area contributed by atoms with E-state index >= 15 is 0 Å². The number of benzene rings is 2. The van der Waals surface area contributed by atoms with Crippen LogP contribution >= 0.6 is 0 Å². The number of ether oxygens (including phenoxy) is 1. The van der Waals surface area contributed by atoms with E-state index in [1.54, 1.807) is 18.2 Å². The summed E-state index contributed by atoms with van der Waals surface area (Å²) in [4.78, 5) is 0. The average molecular weight is 245 g/mol. The normalized spacial score (nSPS) is 10.4. The molecule has 0 aliphatic rings. The number of para-hydroxylation sites is 1. The van der Waals surface area contributed by atoms with E-state index in [0.29, 0.717) is 11.1 Å². The molecule has 0 bridgehead atoms. The Kier molecular flexibility index (Phi) is 3.95. The van der Waals surface area contributed by atoms with Crippen LogP contribution in [0.1, 0.15) is 16.7 Å². The first-order chi connectivity index (χ1) is 8.72. The fourth-order valence-corrected chi connectivity index (χ4v) is 1.78. The SMILES string of the molecule is Cc1ccccc1OCc1cccc(CN)c1F. The van der Waals surface area contributed by atoms with Crippen molar-refractivity contribution >= 4 is 0 Å². The van der Waals surface area contributed by atoms with Gasteiger partial charge >= 0.3 is 0 Å². The third-order valence-electron chi connectivity index (χ3n) is 2.86. The van der Waals surface area contributed by atoms with E-state index in [2.05, 4.69) is 0 Å². The van der Waals surface area contributed by atoms with Crippen molar-refractivity contribution in [3.05, 3.63) is 65.0 Å². The van der Waals surface area contributed by atoms with Gasteiger partial charge in [0.15, 0.2) is 0 Å². The molecular weight excluding hydrogens is 229 g/mol. The summed E-state index contributed by atoms with van der Waals surface area (Å²) in [5.74, 6) is 0.503. The molecule has 0 aromatic heterocycles. The van der Waals surface area contributed by atoms with E-state index in [0.717, 1.165) is 11.3 Å². The van der Waals surface area contributed by atoms with Crippen LogP contribution in [-0.2, 0) is 13.2 Å². The van der Waals surface area contributed by atoms with Gasteiger partial charge in [-0.05, 0) is 18.6 Å². The van der Waals surface area contributed by atoms with Crippen molar-refractivity contribution in [1.82, 2.24) is 0 Å². The van der Waals surface area contributed by atoms with E-state index in [4.69, 9.17) is 10.5 Å². The van der Waals surface area contributed by atoms with Gasteiger partial charge in [0.25, 0.3) is 0 Å². The molecule has 3 heteroatoms. The van der Waals surface area contributed by atoms with Crippen LogP contribution in [0, 0.1) is 12.7 Å². The van der Waals surface area contributed by atoms with Gasteiger partial charge in [-0.2, -0.15) is 0 Å². The van der Waals surface area contributed by atoms with Gasteiger partial charge in [0.2, 0.25) is 0 Å². The largest absolute Gasteiger partial charge is 0.489 e. The number of nitrogens with two attached hydrogens (primary N) is 1. The Labute approximate surface area is 106 Å². The lowest BCUT2D eigenvalue weighted by molar-refractivity contribution is 0.297. The Morgan fingerprint density at radius 2 is 1.78 bits per heavy atom. The van der Waals surface area contributed by atoms with Crippen LogP contribution < -0.4 is 10.5 Å². The first-order valence-corrected chi connectivity index (χ1v) is 5.87. The monoisotopic (exact) mass is 245 g/mol. The molecule has 0 saturated heterocycles. The lowest BCUT2D eigenvalue weighted by Crippen LogP contribution is -2.05. The summed E-state index contributed by atoms with van der Waals surface area (Å²) in [5.41, 5.74) is 7.55. The molecule has 0 amide bonds. The maximum absolute atomic E-state index is 13.9. The molecule has 0 atom stereocenters. The van der Waals surface area contributed by atoms with Gasteiger partial charge in [0.1, 0.15) is 18.2 Å². The molecule has 0 aliphatic carbocycles. The zero-order valence-corrected chi connectivity index (χ0v) is 10.3. The summed E-state index contributed by atoms with van der Waals surface area (Å²) in [5, 5.41) is 0. The Bertz CT molecular complexity index is 540. The van der Waals surface area contributed by atoms with Crippen LogP contribution in [0.2, 0.25) is 0 Å². The van der Waals surface area contributed by atoms with Gasteiger partial charge in [-0.15, -0.1) is 0 Å². The van der Waals surface area contributed by atoms with Crippen molar-refractivity contribution in [3.63, 3.8) is 0 Å². The highest BCUT2D eigenvalue weighted by Gasteiger charge is 2.07. The predicted octanol–water partition coefficient (Wildman–Crippen LogP) is 3.17. The highest BCUT2D eigenvalue weighted by molar-refractivity contribution is 5.32. The van der Waals surface area contributed by atoms with Gasteiger partial charge in [-0.3, -0.25) is 0 Å². The second-order valence-electron chi connectivity index (χ2n) is 4.15. The van der Waals surface area contributed by atoms with Crippen molar-refractivity contribution in [3.8, 4) is 5.75 Å². The molecule has 94 valence electrons. The number of halogens is 1. The predicted molar refractivity (Wildman–Crippen MR) is 69.8 cm³/mol. The second-order valence-corrected chi connectivity index (χ2v) is 4.15. The maximum atomic E-state index is 13.9. The van der Waals surface area contributed by atoms with Gasteiger partial charge < -0.3 is 10.5 Å². The molecular formula is C15H16FNO.